The lowest BCUT2D eigenvalue weighted by molar-refractivity contribution is 0.120. The van der Waals surface area contributed by atoms with Crippen LogP contribution in [0.2, 0.25) is 5.02 Å². The molecule has 5 atom stereocenters. The van der Waals surface area contributed by atoms with Crippen molar-refractivity contribution in [2.45, 2.75) is 51.2 Å². The summed E-state index contributed by atoms with van der Waals surface area (Å²) >= 11 is 7.78. The van der Waals surface area contributed by atoms with Crippen molar-refractivity contribution < 1.29 is 10.2 Å². The molecule has 0 spiro atoms. The molecule has 0 aliphatic heterocycles. The standard InChI is InChI=1S/C21H27ClN2O2S/c1-12-6-15(3-5-19(12)22)23-9-18-17-4-2-13(7-14(17)8-20(18)26)21-24-16(10-25)11-27-21/h3,5-6,11,13-14,17-18,20,23,25-26H,2,4,7-10H2,1H3/t13-,14-,17-,18+,20-/m0/s1. The first-order chi connectivity index (χ1) is 13.0. The zero-order valence-corrected chi connectivity index (χ0v) is 17.1. The number of hydrogen-bond acceptors (Lipinski definition) is 5. The van der Waals surface area contributed by atoms with Crippen LogP contribution in [-0.2, 0) is 6.61 Å². The molecule has 2 aliphatic rings. The van der Waals surface area contributed by atoms with E-state index in [0.29, 0.717) is 23.7 Å². The van der Waals surface area contributed by atoms with E-state index >= 15 is 0 Å². The molecule has 3 N–H and O–H groups in total. The van der Waals surface area contributed by atoms with Gasteiger partial charge in [-0.05, 0) is 68.2 Å². The van der Waals surface area contributed by atoms with Gasteiger partial charge in [-0.2, -0.15) is 0 Å². The van der Waals surface area contributed by atoms with Crippen molar-refractivity contribution in [2.75, 3.05) is 11.9 Å². The van der Waals surface area contributed by atoms with Crippen molar-refractivity contribution in [1.29, 1.82) is 0 Å². The smallest absolute Gasteiger partial charge is 0.0960 e. The second kappa shape index (κ2) is 8.08. The highest BCUT2D eigenvalue weighted by atomic mass is 35.5. The Labute approximate surface area is 169 Å². The van der Waals surface area contributed by atoms with Crippen LogP contribution in [0.4, 0.5) is 5.69 Å². The van der Waals surface area contributed by atoms with Gasteiger partial charge in [0.2, 0.25) is 0 Å². The van der Waals surface area contributed by atoms with Crippen LogP contribution < -0.4 is 5.32 Å². The number of aliphatic hydroxyl groups is 2. The largest absolute Gasteiger partial charge is 0.393 e. The fourth-order valence-corrected chi connectivity index (χ4v) is 6.06. The van der Waals surface area contributed by atoms with Crippen molar-refractivity contribution >= 4 is 28.6 Å². The number of nitrogens with zero attached hydrogens (tertiary/aromatic N) is 1. The Kier molecular flexibility index (Phi) is 5.74. The zero-order valence-electron chi connectivity index (χ0n) is 15.6. The van der Waals surface area contributed by atoms with Crippen LogP contribution in [-0.4, -0.2) is 27.8 Å². The predicted octanol–water partition coefficient (Wildman–Crippen LogP) is 4.59. The molecule has 27 heavy (non-hydrogen) atoms. The van der Waals surface area contributed by atoms with Gasteiger partial charge in [-0.3, -0.25) is 0 Å². The third kappa shape index (κ3) is 4.02. The maximum absolute atomic E-state index is 10.7. The summed E-state index contributed by atoms with van der Waals surface area (Å²) in [6.45, 7) is 2.84. The first kappa shape index (κ1) is 19.2. The van der Waals surface area contributed by atoms with E-state index in [0.717, 1.165) is 59.2 Å². The third-order valence-corrected chi connectivity index (χ3v) is 7.89. The number of benzene rings is 1. The minimum absolute atomic E-state index is 0.0197. The fraction of sp³-hybridized carbons (Fsp3) is 0.571. The van der Waals surface area contributed by atoms with E-state index in [1.165, 1.54) is 0 Å². The Bertz CT molecular complexity index is 796. The molecule has 2 aromatic rings. The van der Waals surface area contributed by atoms with Crippen LogP contribution >= 0.6 is 22.9 Å². The van der Waals surface area contributed by atoms with Crippen molar-refractivity contribution in [3.63, 3.8) is 0 Å². The topological polar surface area (TPSA) is 65.4 Å². The number of rotatable bonds is 5. The molecule has 0 saturated heterocycles. The van der Waals surface area contributed by atoms with Crippen LogP contribution in [0.5, 0.6) is 0 Å². The van der Waals surface area contributed by atoms with Gasteiger partial charge >= 0.3 is 0 Å². The number of aryl methyl sites for hydroxylation is 1. The van der Waals surface area contributed by atoms with E-state index in [1.54, 1.807) is 11.3 Å². The summed E-state index contributed by atoms with van der Waals surface area (Å²) < 4.78 is 0. The lowest BCUT2D eigenvalue weighted by Gasteiger charge is -2.33. The van der Waals surface area contributed by atoms with Crippen molar-refractivity contribution in [3.8, 4) is 0 Å². The highest BCUT2D eigenvalue weighted by molar-refractivity contribution is 7.09. The van der Waals surface area contributed by atoms with Gasteiger partial charge in [-0.25, -0.2) is 4.98 Å². The molecule has 1 heterocycles. The second-order valence-electron chi connectivity index (χ2n) is 8.08. The van der Waals surface area contributed by atoms with E-state index in [2.05, 4.69) is 16.4 Å². The summed E-state index contributed by atoms with van der Waals surface area (Å²) in [6, 6.07) is 6.00. The van der Waals surface area contributed by atoms with Crippen LogP contribution in [0.25, 0.3) is 0 Å². The van der Waals surface area contributed by atoms with Crippen LogP contribution in [0, 0.1) is 24.7 Å². The Morgan fingerprint density at radius 2 is 2.15 bits per heavy atom. The number of fused-ring (bicyclic) bond motifs is 1. The van der Waals surface area contributed by atoms with Crippen LogP contribution in [0.15, 0.2) is 23.6 Å². The lowest BCUT2D eigenvalue weighted by atomic mass is 9.73. The summed E-state index contributed by atoms with van der Waals surface area (Å²) in [5.74, 6) is 1.93. The van der Waals surface area contributed by atoms with E-state index < -0.39 is 0 Å². The molecule has 4 rings (SSSR count). The molecule has 6 heteroatoms. The van der Waals surface area contributed by atoms with Crippen molar-refractivity contribution in [3.05, 3.63) is 44.9 Å². The van der Waals surface area contributed by atoms with Gasteiger partial charge in [0.15, 0.2) is 0 Å². The van der Waals surface area contributed by atoms with Gasteiger partial charge in [0, 0.05) is 34.5 Å². The summed E-state index contributed by atoms with van der Waals surface area (Å²) in [5.41, 5.74) is 2.92. The maximum atomic E-state index is 10.7. The quantitative estimate of drug-likeness (QED) is 0.679. The summed E-state index contributed by atoms with van der Waals surface area (Å²) in [6.07, 6.45) is 4.04. The first-order valence-electron chi connectivity index (χ1n) is 9.78. The van der Waals surface area contributed by atoms with Gasteiger partial charge in [0.05, 0.1) is 23.4 Å². The molecule has 4 nitrogen and oxygen atoms in total. The minimum Gasteiger partial charge on any atom is -0.393 e. The van der Waals surface area contributed by atoms with Gasteiger partial charge in [0.1, 0.15) is 0 Å². The molecule has 146 valence electrons. The first-order valence-corrected chi connectivity index (χ1v) is 11.0. The van der Waals surface area contributed by atoms with E-state index in [4.69, 9.17) is 11.6 Å². The van der Waals surface area contributed by atoms with E-state index in [1.807, 2.05) is 24.4 Å². The number of aliphatic hydroxyl groups excluding tert-OH is 2. The summed E-state index contributed by atoms with van der Waals surface area (Å²) in [5, 5.41) is 27.4. The zero-order chi connectivity index (χ0) is 19.0. The Hall–Kier alpha value is -1.14. The molecular formula is C21H27ClN2O2S. The molecule has 0 amide bonds. The monoisotopic (exact) mass is 406 g/mol. The second-order valence-corrected chi connectivity index (χ2v) is 9.38. The minimum atomic E-state index is -0.232. The van der Waals surface area contributed by atoms with Crippen LogP contribution in [0.1, 0.15) is 47.9 Å². The van der Waals surface area contributed by atoms with E-state index in [9.17, 15) is 10.2 Å². The highest BCUT2D eigenvalue weighted by Gasteiger charge is 2.45. The van der Waals surface area contributed by atoms with Crippen molar-refractivity contribution in [1.82, 2.24) is 4.98 Å². The molecule has 0 radical (unpaired) electrons. The van der Waals surface area contributed by atoms with Gasteiger partial charge in [-0.15, -0.1) is 11.3 Å². The molecule has 2 fully saturated rings. The Morgan fingerprint density at radius 1 is 1.30 bits per heavy atom. The maximum Gasteiger partial charge on any atom is 0.0960 e. The number of hydrogen-bond donors (Lipinski definition) is 3. The van der Waals surface area contributed by atoms with Gasteiger partial charge < -0.3 is 15.5 Å². The highest BCUT2D eigenvalue weighted by Crippen LogP contribution is 2.50. The summed E-state index contributed by atoms with van der Waals surface area (Å²) in [4.78, 5) is 4.58. The molecule has 0 unspecified atom stereocenters. The molecule has 1 aromatic heterocycles. The molecule has 0 bridgehead atoms. The molecule has 2 saturated carbocycles. The van der Waals surface area contributed by atoms with Crippen LogP contribution in [0.3, 0.4) is 0 Å². The lowest BCUT2D eigenvalue weighted by Crippen LogP contribution is -2.30. The SMILES string of the molecule is Cc1cc(NC[C@@H]2[C@H]3CC[C@H](c4nc(CO)cs4)C[C@H]3C[C@@H]2O)ccc1Cl. The number of nitrogens with one attached hydrogen (secondary N) is 1. The Balaban J connectivity index is 1.38. The Morgan fingerprint density at radius 3 is 2.89 bits per heavy atom. The molecule has 1 aromatic carbocycles. The normalized spacial score (nSPS) is 30.3. The fourth-order valence-electron chi connectivity index (χ4n) is 4.98. The number of halogens is 1. The number of aromatic nitrogens is 1. The average molecular weight is 407 g/mol. The van der Waals surface area contributed by atoms with Crippen molar-refractivity contribution in [2.24, 2.45) is 17.8 Å². The summed E-state index contributed by atoms with van der Waals surface area (Å²) in [7, 11) is 0. The third-order valence-electron chi connectivity index (χ3n) is 6.41. The molecule has 2 aliphatic carbocycles. The van der Waals surface area contributed by atoms with Gasteiger partial charge in [0.25, 0.3) is 0 Å². The number of thiazole rings is 1. The number of anilines is 1. The average Bonchev–Trinajstić information content (AvgIpc) is 3.26. The molecular weight excluding hydrogens is 380 g/mol. The van der Waals surface area contributed by atoms with Gasteiger partial charge in [-0.1, -0.05) is 11.6 Å². The predicted molar refractivity (Wildman–Crippen MR) is 110 cm³/mol. The van der Waals surface area contributed by atoms with E-state index in [-0.39, 0.29) is 12.7 Å².